The summed E-state index contributed by atoms with van der Waals surface area (Å²) in [5.41, 5.74) is 1.30. The van der Waals surface area contributed by atoms with Crippen LogP contribution < -0.4 is 10.1 Å². The molecule has 0 saturated carbocycles. The number of amides is 2. The number of nitrogens with zero attached hydrogens (tertiary/aromatic N) is 2. The molecular formula is C19H14ClN3O5S. The van der Waals surface area contributed by atoms with Gasteiger partial charge in [-0.1, -0.05) is 11.6 Å². The number of hydrogen-bond donors (Lipinski definition) is 1. The highest BCUT2D eigenvalue weighted by molar-refractivity contribution is 8.18. The maximum absolute atomic E-state index is 12.1. The number of nitro benzene ring substituents is 1. The Morgan fingerprint density at radius 2 is 2.03 bits per heavy atom. The fourth-order valence-corrected chi connectivity index (χ4v) is 3.42. The van der Waals surface area contributed by atoms with Crippen LogP contribution in [0.1, 0.15) is 18.1 Å². The van der Waals surface area contributed by atoms with Crippen LogP contribution in [0.5, 0.6) is 5.75 Å². The molecule has 0 aliphatic carbocycles. The number of carbonyl (C=O) groups excluding carboxylic acids is 2. The summed E-state index contributed by atoms with van der Waals surface area (Å²) >= 11 is 7.12. The van der Waals surface area contributed by atoms with Crippen molar-refractivity contribution < 1.29 is 19.2 Å². The molecule has 2 aromatic rings. The number of nitrogens with one attached hydrogen (secondary N) is 1. The highest BCUT2D eigenvalue weighted by Gasteiger charge is 2.23. The summed E-state index contributed by atoms with van der Waals surface area (Å²) in [6.07, 6.45) is 1.59. The lowest BCUT2D eigenvalue weighted by molar-refractivity contribution is -0.384. The van der Waals surface area contributed by atoms with Gasteiger partial charge in [0.1, 0.15) is 12.4 Å². The smallest absolute Gasteiger partial charge is 0.286 e. The van der Waals surface area contributed by atoms with Gasteiger partial charge in [-0.3, -0.25) is 19.7 Å². The molecule has 10 heteroatoms. The molecule has 1 aliphatic heterocycles. The molecule has 148 valence electrons. The quantitative estimate of drug-likeness (QED) is 0.436. The van der Waals surface area contributed by atoms with E-state index < -0.39 is 10.8 Å². The fourth-order valence-electron chi connectivity index (χ4n) is 2.39. The summed E-state index contributed by atoms with van der Waals surface area (Å²) in [7, 11) is 0. The molecule has 0 saturated heterocycles. The summed E-state index contributed by atoms with van der Waals surface area (Å²) in [6, 6.07) is 11.0. The van der Waals surface area contributed by atoms with Crippen molar-refractivity contribution in [2.75, 3.05) is 0 Å². The molecule has 0 bridgehead atoms. The van der Waals surface area contributed by atoms with E-state index in [4.69, 9.17) is 16.3 Å². The third kappa shape index (κ3) is 5.43. The van der Waals surface area contributed by atoms with E-state index in [2.05, 4.69) is 10.3 Å². The van der Waals surface area contributed by atoms with E-state index in [-0.39, 0.29) is 23.4 Å². The minimum Gasteiger partial charge on any atom is -0.488 e. The molecule has 1 aliphatic rings. The first kappa shape index (κ1) is 20.6. The highest BCUT2D eigenvalue weighted by atomic mass is 35.5. The first-order valence-corrected chi connectivity index (χ1v) is 9.47. The van der Waals surface area contributed by atoms with Crippen LogP contribution in [-0.2, 0) is 16.2 Å². The van der Waals surface area contributed by atoms with E-state index in [0.717, 1.165) is 17.3 Å². The number of rotatable bonds is 5. The number of halogens is 1. The lowest BCUT2D eigenvalue weighted by Gasteiger charge is -2.10. The molecule has 2 amide bonds. The number of non-ortho nitro benzene ring substituents is 1. The zero-order chi connectivity index (χ0) is 21.0. The molecule has 1 heterocycles. The lowest BCUT2D eigenvalue weighted by atomic mass is 10.1. The Balaban J connectivity index is 1.77. The molecule has 1 N–H and O–H groups in total. The van der Waals surface area contributed by atoms with E-state index >= 15 is 0 Å². The van der Waals surface area contributed by atoms with E-state index in [1.165, 1.54) is 19.1 Å². The SMILES string of the molecule is CC(=O)NC1=NC(=O)C(=Cc2cc(Cl)ccc2OCc2ccc([N+](=O)[O-])cc2)S1. The Morgan fingerprint density at radius 3 is 2.69 bits per heavy atom. The van der Waals surface area contributed by atoms with Crippen LogP contribution in [-0.4, -0.2) is 21.9 Å². The first-order valence-electron chi connectivity index (χ1n) is 8.27. The minimum atomic E-state index is -0.472. The average molecular weight is 432 g/mol. The molecule has 0 spiro atoms. The molecule has 0 fully saturated rings. The van der Waals surface area contributed by atoms with Crippen LogP contribution in [0, 0.1) is 10.1 Å². The highest BCUT2D eigenvalue weighted by Crippen LogP contribution is 2.32. The second kappa shape index (κ2) is 8.89. The molecule has 3 rings (SSSR count). The number of carbonyl (C=O) groups is 2. The molecule has 0 radical (unpaired) electrons. The van der Waals surface area contributed by atoms with Gasteiger partial charge in [0.15, 0.2) is 5.17 Å². The molecule has 0 aromatic heterocycles. The molecular weight excluding hydrogens is 418 g/mol. The number of ether oxygens (including phenoxy) is 1. The number of benzene rings is 2. The first-order chi connectivity index (χ1) is 13.8. The van der Waals surface area contributed by atoms with Gasteiger partial charge in [0.25, 0.3) is 11.6 Å². The van der Waals surface area contributed by atoms with Crippen molar-refractivity contribution in [1.29, 1.82) is 0 Å². The molecule has 0 atom stereocenters. The zero-order valence-corrected chi connectivity index (χ0v) is 16.6. The van der Waals surface area contributed by atoms with E-state index in [0.29, 0.717) is 21.2 Å². The third-order valence-corrected chi connectivity index (χ3v) is 4.84. The zero-order valence-electron chi connectivity index (χ0n) is 15.0. The maximum Gasteiger partial charge on any atom is 0.286 e. The number of aliphatic imine (C=N–C) groups is 1. The normalized spacial score (nSPS) is 14.6. The Kier molecular flexibility index (Phi) is 6.30. The van der Waals surface area contributed by atoms with Crippen molar-refractivity contribution in [3.8, 4) is 5.75 Å². The van der Waals surface area contributed by atoms with Crippen molar-refractivity contribution >= 4 is 52.1 Å². The van der Waals surface area contributed by atoms with Crippen molar-refractivity contribution in [2.24, 2.45) is 4.99 Å². The Labute approximate surface area is 174 Å². The van der Waals surface area contributed by atoms with Crippen molar-refractivity contribution in [1.82, 2.24) is 5.32 Å². The Morgan fingerprint density at radius 1 is 1.31 bits per heavy atom. The third-order valence-electron chi connectivity index (χ3n) is 3.70. The second-order valence-corrected chi connectivity index (χ2v) is 7.38. The van der Waals surface area contributed by atoms with Crippen LogP contribution >= 0.6 is 23.4 Å². The summed E-state index contributed by atoms with van der Waals surface area (Å²) < 4.78 is 5.81. The molecule has 0 unspecified atom stereocenters. The summed E-state index contributed by atoms with van der Waals surface area (Å²) in [5.74, 6) is -0.318. The van der Waals surface area contributed by atoms with Crippen LogP contribution in [0.25, 0.3) is 6.08 Å². The number of thioether (sulfide) groups is 1. The van der Waals surface area contributed by atoms with Crippen molar-refractivity contribution in [3.05, 3.63) is 73.6 Å². The van der Waals surface area contributed by atoms with Crippen LogP contribution in [0.4, 0.5) is 5.69 Å². The second-order valence-electron chi connectivity index (χ2n) is 5.91. The fraction of sp³-hybridized carbons (Fsp3) is 0.105. The molecule has 8 nitrogen and oxygen atoms in total. The van der Waals surface area contributed by atoms with Gasteiger partial charge in [-0.05, 0) is 53.7 Å². The van der Waals surface area contributed by atoms with Crippen molar-refractivity contribution in [3.63, 3.8) is 0 Å². The van der Waals surface area contributed by atoms with Gasteiger partial charge in [-0.15, -0.1) is 0 Å². The van der Waals surface area contributed by atoms with Gasteiger partial charge in [0, 0.05) is 29.6 Å². The van der Waals surface area contributed by atoms with Crippen LogP contribution in [0.3, 0.4) is 0 Å². The maximum atomic E-state index is 12.1. The number of nitro groups is 1. The summed E-state index contributed by atoms with van der Waals surface area (Å²) in [6.45, 7) is 1.50. The number of amidine groups is 1. The molecule has 2 aromatic carbocycles. The standard InChI is InChI=1S/C19H14ClN3O5S/c1-11(24)21-19-22-18(25)17(29-19)9-13-8-14(20)4-7-16(13)28-10-12-2-5-15(6-3-12)23(26)27/h2-9H,10H2,1H3,(H,21,22,24,25). The summed E-state index contributed by atoms with van der Waals surface area (Å²) in [5, 5.41) is 13.9. The van der Waals surface area contributed by atoms with Gasteiger partial charge >= 0.3 is 0 Å². The largest absolute Gasteiger partial charge is 0.488 e. The van der Waals surface area contributed by atoms with Crippen molar-refractivity contribution in [2.45, 2.75) is 13.5 Å². The van der Waals surface area contributed by atoms with E-state index in [9.17, 15) is 19.7 Å². The topological polar surface area (TPSA) is 111 Å². The van der Waals surface area contributed by atoms with E-state index in [1.807, 2.05) is 0 Å². The van der Waals surface area contributed by atoms with Crippen LogP contribution in [0.15, 0.2) is 52.4 Å². The Hall–Kier alpha value is -3.17. The van der Waals surface area contributed by atoms with Gasteiger partial charge in [-0.2, -0.15) is 4.99 Å². The van der Waals surface area contributed by atoms with E-state index in [1.54, 1.807) is 36.4 Å². The predicted octanol–water partition coefficient (Wildman–Crippen LogP) is 3.93. The number of hydrogen-bond acceptors (Lipinski definition) is 6. The average Bonchev–Trinajstić information content (AvgIpc) is 2.99. The van der Waals surface area contributed by atoms with Gasteiger partial charge in [0.05, 0.1) is 9.83 Å². The lowest BCUT2D eigenvalue weighted by Crippen LogP contribution is -2.23. The van der Waals surface area contributed by atoms with Gasteiger partial charge in [-0.25, -0.2) is 0 Å². The Bertz CT molecular complexity index is 1050. The van der Waals surface area contributed by atoms with Gasteiger partial charge < -0.3 is 10.1 Å². The minimum absolute atomic E-state index is 0.00240. The molecule has 29 heavy (non-hydrogen) atoms. The monoisotopic (exact) mass is 431 g/mol. The summed E-state index contributed by atoms with van der Waals surface area (Å²) in [4.78, 5) is 37.6. The van der Waals surface area contributed by atoms with Gasteiger partial charge in [0.2, 0.25) is 5.91 Å². The van der Waals surface area contributed by atoms with Crippen LogP contribution in [0.2, 0.25) is 5.02 Å². The predicted molar refractivity (Wildman–Crippen MR) is 111 cm³/mol.